The van der Waals surface area contributed by atoms with Crippen molar-refractivity contribution in [2.45, 2.75) is 11.5 Å². The van der Waals surface area contributed by atoms with E-state index < -0.39 is 17.3 Å². The molecular formula is C20H14FN3. The maximum atomic E-state index is 14.6. The molecule has 1 aliphatic heterocycles. The number of aromatic nitrogens is 1. The molecule has 24 heavy (non-hydrogen) atoms. The normalized spacial score (nSPS) is 21.6. The quantitative estimate of drug-likeness (QED) is 0.771. The molecule has 4 heteroatoms. The molecule has 2 heterocycles. The van der Waals surface area contributed by atoms with E-state index in [2.05, 4.69) is 16.4 Å². The predicted molar refractivity (Wildman–Crippen MR) is 89.8 cm³/mol. The Labute approximate surface area is 139 Å². The van der Waals surface area contributed by atoms with Crippen LogP contribution in [-0.4, -0.2) is 4.98 Å². The van der Waals surface area contributed by atoms with Gasteiger partial charge in [-0.05, 0) is 23.8 Å². The summed E-state index contributed by atoms with van der Waals surface area (Å²) in [5, 5.41) is 13.5. The first kappa shape index (κ1) is 14.4. The molecule has 0 saturated heterocycles. The van der Waals surface area contributed by atoms with Crippen LogP contribution in [0.15, 0.2) is 72.9 Å². The SMILES string of the molecule is N#C[C@@]1(c2ccccc2F)c2ncccc2N[C@H]1c1ccccc1. The van der Waals surface area contributed by atoms with E-state index in [0.29, 0.717) is 11.3 Å². The number of benzene rings is 2. The van der Waals surface area contributed by atoms with E-state index in [0.717, 1.165) is 11.3 Å². The second-order valence-corrected chi connectivity index (χ2v) is 5.79. The molecule has 0 aliphatic carbocycles. The maximum Gasteiger partial charge on any atom is 0.153 e. The van der Waals surface area contributed by atoms with Gasteiger partial charge in [0.05, 0.1) is 23.5 Å². The number of nitrogens with zero attached hydrogens (tertiary/aromatic N) is 2. The third kappa shape index (κ3) is 1.92. The molecule has 0 saturated carbocycles. The fourth-order valence-electron chi connectivity index (χ4n) is 3.46. The van der Waals surface area contributed by atoms with Crippen LogP contribution in [0.3, 0.4) is 0 Å². The molecule has 1 aromatic heterocycles. The van der Waals surface area contributed by atoms with Gasteiger partial charge in [0.25, 0.3) is 0 Å². The van der Waals surface area contributed by atoms with Gasteiger partial charge in [0.15, 0.2) is 5.41 Å². The van der Waals surface area contributed by atoms with Crippen molar-refractivity contribution in [2.24, 2.45) is 0 Å². The van der Waals surface area contributed by atoms with Gasteiger partial charge in [0, 0.05) is 11.8 Å². The van der Waals surface area contributed by atoms with Crippen LogP contribution in [0.2, 0.25) is 0 Å². The van der Waals surface area contributed by atoms with Crippen LogP contribution in [0.1, 0.15) is 22.9 Å². The Kier molecular flexibility index (Phi) is 3.28. The molecule has 0 fully saturated rings. The lowest BCUT2D eigenvalue weighted by atomic mass is 9.72. The number of nitriles is 1. The Hall–Kier alpha value is -3.19. The zero-order valence-electron chi connectivity index (χ0n) is 12.8. The summed E-state index contributed by atoms with van der Waals surface area (Å²) in [7, 11) is 0. The summed E-state index contributed by atoms with van der Waals surface area (Å²) in [6, 6.07) is 21.7. The fraction of sp³-hybridized carbons (Fsp3) is 0.100. The van der Waals surface area contributed by atoms with Crippen LogP contribution >= 0.6 is 0 Å². The van der Waals surface area contributed by atoms with Crippen molar-refractivity contribution in [3.8, 4) is 6.07 Å². The number of fused-ring (bicyclic) bond motifs is 1. The number of nitrogens with one attached hydrogen (secondary N) is 1. The first-order valence-corrected chi connectivity index (χ1v) is 7.70. The van der Waals surface area contributed by atoms with E-state index >= 15 is 0 Å². The lowest BCUT2D eigenvalue weighted by Gasteiger charge is -2.29. The van der Waals surface area contributed by atoms with Gasteiger partial charge in [-0.2, -0.15) is 5.26 Å². The Morgan fingerprint density at radius 3 is 2.50 bits per heavy atom. The third-order valence-electron chi connectivity index (χ3n) is 4.52. The number of halogens is 1. The second-order valence-electron chi connectivity index (χ2n) is 5.79. The Bertz CT molecular complexity index is 933. The lowest BCUT2D eigenvalue weighted by molar-refractivity contribution is 0.521. The van der Waals surface area contributed by atoms with Crippen LogP contribution in [0.4, 0.5) is 10.1 Å². The van der Waals surface area contributed by atoms with Crippen LogP contribution in [0.25, 0.3) is 0 Å². The summed E-state index contributed by atoms with van der Waals surface area (Å²) < 4.78 is 14.6. The van der Waals surface area contributed by atoms with Crippen molar-refractivity contribution in [1.29, 1.82) is 5.26 Å². The number of rotatable bonds is 2. The van der Waals surface area contributed by atoms with Crippen LogP contribution in [0, 0.1) is 17.1 Å². The maximum absolute atomic E-state index is 14.6. The standard InChI is InChI=1S/C20H14FN3/c21-16-10-5-4-9-15(16)20(13-22)18(14-7-2-1-3-8-14)24-17-11-6-12-23-19(17)20/h1-12,18,24H/t18-,20-/m0/s1. The van der Waals surface area contributed by atoms with Gasteiger partial charge in [-0.15, -0.1) is 0 Å². The molecule has 3 nitrogen and oxygen atoms in total. The lowest BCUT2D eigenvalue weighted by Crippen LogP contribution is -2.33. The van der Waals surface area contributed by atoms with Gasteiger partial charge >= 0.3 is 0 Å². The van der Waals surface area contributed by atoms with E-state index in [1.54, 1.807) is 24.4 Å². The van der Waals surface area contributed by atoms with E-state index in [-0.39, 0.29) is 0 Å². The molecule has 0 amide bonds. The largest absolute Gasteiger partial charge is 0.374 e. The highest BCUT2D eigenvalue weighted by atomic mass is 19.1. The van der Waals surface area contributed by atoms with Crippen LogP contribution in [0.5, 0.6) is 0 Å². The molecule has 0 bridgehead atoms. The molecule has 1 N–H and O–H groups in total. The molecule has 2 aromatic carbocycles. The van der Waals surface area contributed by atoms with Crippen molar-refractivity contribution in [3.05, 3.63) is 95.6 Å². The molecular weight excluding hydrogens is 301 g/mol. The number of anilines is 1. The highest BCUT2D eigenvalue weighted by Gasteiger charge is 2.52. The van der Waals surface area contributed by atoms with Gasteiger partial charge in [-0.25, -0.2) is 4.39 Å². The molecule has 3 aromatic rings. The topological polar surface area (TPSA) is 48.7 Å². The Morgan fingerprint density at radius 1 is 1.00 bits per heavy atom. The molecule has 1 aliphatic rings. The highest BCUT2D eigenvalue weighted by molar-refractivity contribution is 5.68. The molecule has 0 unspecified atom stereocenters. The second kappa shape index (κ2) is 5.47. The Balaban J connectivity index is 2.03. The van der Waals surface area contributed by atoms with Crippen molar-refractivity contribution in [3.63, 3.8) is 0 Å². The van der Waals surface area contributed by atoms with Gasteiger partial charge in [-0.1, -0.05) is 48.5 Å². The van der Waals surface area contributed by atoms with Crippen molar-refractivity contribution >= 4 is 5.69 Å². The van der Waals surface area contributed by atoms with Gasteiger partial charge in [-0.3, -0.25) is 4.98 Å². The summed E-state index contributed by atoms with van der Waals surface area (Å²) in [5.41, 5.74) is 1.36. The first-order chi connectivity index (χ1) is 11.8. The van der Waals surface area contributed by atoms with Gasteiger partial charge in [0.2, 0.25) is 0 Å². The molecule has 0 radical (unpaired) electrons. The third-order valence-corrected chi connectivity index (χ3v) is 4.52. The zero-order valence-corrected chi connectivity index (χ0v) is 12.8. The average molecular weight is 315 g/mol. The summed E-state index contributed by atoms with van der Waals surface area (Å²) in [5.74, 6) is -0.403. The monoisotopic (exact) mass is 315 g/mol. The van der Waals surface area contributed by atoms with E-state index in [1.165, 1.54) is 6.07 Å². The summed E-state index contributed by atoms with van der Waals surface area (Å²) in [4.78, 5) is 4.43. The van der Waals surface area contributed by atoms with E-state index in [4.69, 9.17) is 0 Å². The van der Waals surface area contributed by atoms with E-state index in [9.17, 15) is 9.65 Å². The van der Waals surface area contributed by atoms with Crippen molar-refractivity contribution in [2.75, 3.05) is 5.32 Å². The van der Waals surface area contributed by atoms with Crippen molar-refractivity contribution < 1.29 is 4.39 Å². The minimum Gasteiger partial charge on any atom is -0.374 e. The number of pyridine rings is 1. The number of hydrogen-bond acceptors (Lipinski definition) is 3. The highest BCUT2D eigenvalue weighted by Crippen LogP contribution is 2.51. The van der Waals surface area contributed by atoms with Gasteiger partial charge in [0.1, 0.15) is 5.82 Å². The first-order valence-electron chi connectivity index (χ1n) is 7.70. The Morgan fingerprint density at radius 2 is 1.75 bits per heavy atom. The van der Waals surface area contributed by atoms with Crippen molar-refractivity contribution in [1.82, 2.24) is 4.98 Å². The fourth-order valence-corrected chi connectivity index (χ4v) is 3.46. The minimum absolute atomic E-state index is 0.339. The minimum atomic E-state index is -1.22. The van der Waals surface area contributed by atoms with E-state index in [1.807, 2.05) is 42.5 Å². The zero-order chi connectivity index (χ0) is 16.6. The molecule has 2 atom stereocenters. The summed E-state index contributed by atoms with van der Waals surface area (Å²) >= 11 is 0. The summed E-state index contributed by atoms with van der Waals surface area (Å²) in [6.07, 6.45) is 1.64. The smallest absolute Gasteiger partial charge is 0.153 e. The van der Waals surface area contributed by atoms with Gasteiger partial charge < -0.3 is 5.32 Å². The van der Waals surface area contributed by atoms with Crippen LogP contribution in [-0.2, 0) is 5.41 Å². The predicted octanol–water partition coefficient (Wildman–Crippen LogP) is 4.20. The molecule has 4 rings (SSSR count). The average Bonchev–Trinajstić information content (AvgIpc) is 2.98. The van der Waals surface area contributed by atoms with Crippen LogP contribution < -0.4 is 5.32 Å². The molecule has 0 spiro atoms. The summed E-state index contributed by atoms with van der Waals surface area (Å²) in [6.45, 7) is 0. The number of hydrogen-bond donors (Lipinski definition) is 1. The molecule has 116 valence electrons.